The van der Waals surface area contributed by atoms with Crippen LogP contribution in [0.1, 0.15) is 50.7 Å². The Morgan fingerprint density at radius 3 is 1.04 bits per heavy atom. The summed E-state index contributed by atoms with van der Waals surface area (Å²) >= 11 is 0. The van der Waals surface area contributed by atoms with Crippen molar-refractivity contribution in [1.82, 2.24) is 19.6 Å². The second kappa shape index (κ2) is 18.2. The van der Waals surface area contributed by atoms with Gasteiger partial charge in [-0.25, -0.2) is 4.79 Å². The molecule has 1 heterocycles. The summed E-state index contributed by atoms with van der Waals surface area (Å²) < 4.78 is 0. The molecule has 3 unspecified atom stereocenters. The Bertz CT molecular complexity index is 1700. The number of carboxylic acid groups (broad SMARTS) is 4. The van der Waals surface area contributed by atoms with Crippen molar-refractivity contribution in [2.24, 2.45) is 0 Å². The first kappa shape index (κ1) is 37.8. The fraction of sp³-hybridized carbons (Fsp3) is 0.300. The topological polar surface area (TPSA) is 162 Å². The Hall–Kier alpha value is -5.40. The molecule has 0 aliphatic carbocycles. The maximum Gasteiger partial charge on any atom is 0.335 e. The lowest BCUT2D eigenvalue weighted by atomic mass is 10.0. The highest BCUT2D eigenvalue weighted by Crippen LogP contribution is 2.27. The van der Waals surface area contributed by atoms with Gasteiger partial charge in [0.15, 0.2) is 0 Å². The van der Waals surface area contributed by atoms with Crippen LogP contribution in [0.4, 0.5) is 0 Å². The second-order valence-electron chi connectivity index (χ2n) is 12.8. The number of benzene rings is 4. The van der Waals surface area contributed by atoms with E-state index in [4.69, 9.17) is 0 Å². The third-order valence-electron chi connectivity index (χ3n) is 9.51. The molecule has 0 amide bonds. The van der Waals surface area contributed by atoms with Crippen LogP contribution in [0.15, 0.2) is 115 Å². The Labute approximate surface area is 302 Å². The minimum Gasteiger partial charge on any atom is -0.480 e. The monoisotopic (exact) mass is 708 g/mol. The molecule has 1 aliphatic heterocycles. The molecule has 1 aliphatic rings. The second-order valence-corrected chi connectivity index (χ2v) is 12.8. The zero-order chi connectivity index (χ0) is 37.0. The van der Waals surface area contributed by atoms with Gasteiger partial charge in [-0.05, 0) is 34.4 Å². The zero-order valence-electron chi connectivity index (χ0n) is 28.8. The zero-order valence-corrected chi connectivity index (χ0v) is 28.8. The van der Waals surface area contributed by atoms with Gasteiger partial charge in [0.2, 0.25) is 0 Å². The molecule has 5 rings (SSSR count). The summed E-state index contributed by atoms with van der Waals surface area (Å²) in [5, 5.41) is 41.1. The van der Waals surface area contributed by atoms with E-state index in [1.807, 2.05) is 28.0 Å². The molecule has 0 bridgehead atoms. The number of aromatic carboxylic acids is 1. The molecule has 0 saturated carbocycles. The number of rotatable bonds is 12. The van der Waals surface area contributed by atoms with Gasteiger partial charge in [-0.3, -0.25) is 34.0 Å². The molecule has 4 N–H and O–H groups in total. The Morgan fingerprint density at radius 1 is 0.442 bits per heavy atom. The van der Waals surface area contributed by atoms with Crippen LogP contribution in [0.5, 0.6) is 0 Å². The largest absolute Gasteiger partial charge is 0.480 e. The summed E-state index contributed by atoms with van der Waals surface area (Å²) in [5.74, 6) is -4.15. The van der Waals surface area contributed by atoms with Crippen molar-refractivity contribution in [1.29, 1.82) is 0 Å². The van der Waals surface area contributed by atoms with Crippen LogP contribution in [-0.4, -0.2) is 116 Å². The van der Waals surface area contributed by atoms with Gasteiger partial charge in [0.05, 0.1) is 5.56 Å². The third kappa shape index (κ3) is 9.89. The SMILES string of the molecule is O=C(O)c1ccc(CN2CCN(C(C(=O)O)c3ccccc3)CCN(C(C(=O)O)c3ccccc3)CCN(C(C(=O)O)c3ccccc3)CC2)cc1. The molecular formula is C40H44N4O8. The number of hydrogen-bond acceptors (Lipinski definition) is 8. The highest BCUT2D eigenvalue weighted by atomic mass is 16.4. The first-order chi connectivity index (χ1) is 25.1. The first-order valence-electron chi connectivity index (χ1n) is 17.2. The van der Waals surface area contributed by atoms with E-state index in [9.17, 15) is 39.6 Å². The van der Waals surface area contributed by atoms with Crippen molar-refractivity contribution in [2.75, 3.05) is 52.4 Å². The summed E-state index contributed by atoms with van der Waals surface area (Å²) in [6.07, 6.45) is 0. The number of carboxylic acids is 4. The minimum absolute atomic E-state index is 0.161. The van der Waals surface area contributed by atoms with Gasteiger partial charge in [0.1, 0.15) is 18.1 Å². The number of carbonyl (C=O) groups is 4. The summed E-state index contributed by atoms with van der Waals surface area (Å²) in [6.45, 7) is 2.62. The van der Waals surface area contributed by atoms with Crippen molar-refractivity contribution in [3.8, 4) is 0 Å². The van der Waals surface area contributed by atoms with Gasteiger partial charge in [0, 0.05) is 58.9 Å². The van der Waals surface area contributed by atoms with Crippen LogP contribution in [0.3, 0.4) is 0 Å². The maximum absolute atomic E-state index is 12.9. The van der Waals surface area contributed by atoms with Gasteiger partial charge >= 0.3 is 23.9 Å². The highest BCUT2D eigenvalue weighted by molar-refractivity contribution is 5.87. The smallest absolute Gasteiger partial charge is 0.335 e. The molecule has 4 aromatic carbocycles. The van der Waals surface area contributed by atoms with Crippen LogP contribution in [0.2, 0.25) is 0 Å². The van der Waals surface area contributed by atoms with Crippen LogP contribution < -0.4 is 0 Å². The first-order valence-corrected chi connectivity index (χ1v) is 17.2. The molecule has 0 aromatic heterocycles. The van der Waals surface area contributed by atoms with Crippen molar-refractivity contribution < 1.29 is 39.6 Å². The predicted molar refractivity (Wildman–Crippen MR) is 194 cm³/mol. The van der Waals surface area contributed by atoms with Gasteiger partial charge < -0.3 is 20.4 Å². The Kier molecular flexibility index (Phi) is 13.2. The van der Waals surface area contributed by atoms with Gasteiger partial charge in [-0.15, -0.1) is 0 Å². The van der Waals surface area contributed by atoms with Crippen molar-refractivity contribution in [3.05, 3.63) is 143 Å². The Balaban J connectivity index is 1.54. The molecule has 1 saturated heterocycles. The lowest BCUT2D eigenvalue weighted by molar-refractivity contribution is -0.147. The average molecular weight is 709 g/mol. The highest BCUT2D eigenvalue weighted by Gasteiger charge is 2.34. The molecule has 12 nitrogen and oxygen atoms in total. The molecule has 0 radical (unpaired) electrons. The van der Waals surface area contributed by atoms with E-state index in [1.54, 1.807) is 102 Å². The van der Waals surface area contributed by atoms with Gasteiger partial charge in [-0.1, -0.05) is 103 Å². The quantitative estimate of drug-likeness (QED) is 0.162. The molecule has 4 aromatic rings. The van der Waals surface area contributed by atoms with E-state index < -0.39 is 42.0 Å². The van der Waals surface area contributed by atoms with E-state index in [-0.39, 0.29) is 31.7 Å². The molecule has 0 spiro atoms. The minimum atomic E-state index is -1.06. The predicted octanol–water partition coefficient (Wildman–Crippen LogP) is 4.58. The molecule has 52 heavy (non-hydrogen) atoms. The van der Waals surface area contributed by atoms with Gasteiger partial charge in [0.25, 0.3) is 0 Å². The molecule has 12 heteroatoms. The maximum atomic E-state index is 12.9. The normalized spacial score (nSPS) is 17.5. The fourth-order valence-corrected chi connectivity index (χ4v) is 6.88. The molecule has 3 atom stereocenters. The van der Waals surface area contributed by atoms with E-state index in [2.05, 4.69) is 4.90 Å². The number of hydrogen-bond donors (Lipinski definition) is 4. The summed E-state index contributed by atoms with van der Waals surface area (Å²) in [7, 11) is 0. The van der Waals surface area contributed by atoms with Gasteiger partial charge in [-0.2, -0.15) is 0 Å². The molecule has 272 valence electrons. The van der Waals surface area contributed by atoms with E-state index >= 15 is 0 Å². The number of aliphatic carboxylic acids is 3. The van der Waals surface area contributed by atoms with E-state index in [1.165, 1.54) is 0 Å². The fourth-order valence-electron chi connectivity index (χ4n) is 6.88. The number of nitrogens with zero attached hydrogens (tertiary/aromatic N) is 4. The summed E-state index contributed by atoms with van der Waals surface area (Å²) in [5.41, 5.74) is 2.77. The van der Waals surface area contributed by atoms with Crippen molar-refractivity contribution in [2.45, 2.75) is 24.7 Å². The summed E-state index contributed by atoms with van der Waals surface area (Å²) in [4.78, 5) is 57.9. The standard InChI is InChI=1S/C40H44N4O8/c45-37(46)33-18-16-29(17-19-33)28-41-20-22-42(34(38(47)48)30-10-4-1-5-11-30)24-26-44(36(40(51)52)32-14-8-3-9-15-32)27-25-43(23-21-41)35(39(49)50)31-12-6-2-7-13-31/h1-19,34-36H,20-28H2,(H,45,46)(H,47,48)(H,49,50)(H,51,52). The van der Waals surface area contributed by atoms with Crippen LogP contribution >= 0.6 is 0 Å². The third-order valence-corrected chi connectivity index (χ3v) is 9.51. The van der Waals surface area contributed by atoms with Crippen molar-refractivity contribution in [3.63, 3.8) is 0 Å². The lowest BCUT2D eigenvalue weighted by Gasteiger charge is -2.39. The molecule has 1 fully saturated rings. The lowest BCUT2D eigenvalue weighted by Crippen LogP contribution is -2.50. The molecular weight excluding hydrogens is 664 g/mol. The van der Waals surface area contributed by atoms with Crippen LogP contribution in [0, 0.1) is 0 Å². The van der Waals surface area contributed by atoms with Crippen molar-refractivity contribution >= 4 is 23.9 Å². The van der Waals surface area contributed by atoms with E-state index in [0.29, 0.717) is 49.4 Å². The van der Waals surface area contributed by atoms with Crippen LogP contribution in [0.25, 0.3) is 0 Å². The van der Waals surface area contributed by atoms with Crippen LogP contribution in [-0.2, 0) is 20.9 Å². The summed E-state index contributed by atoms with van der Waals surface area (Å²) in [6, 6.07) is 30.2. The average Bonchev–Trinajstić information content (AvgIpc) is 3.13. The van der Waals surface area contributed by atoms with E-state index in [0.717, 1.165) is 5.56 Å². The Morgan fingerprint density at radius 2 is 0.750 bits per heavy atom.